The number of nitrogens with zero attached hydrogens (tertiary/aromatic N) is 2. The van der Waals surface area contributed by atoms with E-state index in [-0.39, 0.29) is 5.76 Å². The van der Waals surface area contributed by atoms with Gasteiger partial charge in [-0.2, -0.15) is 0 Å². The predicted molar refractivity (Wildman–Crippen MR) is 55.0 cm³/mol. The fourth-order valence-electron chi connectivity index (χ4n) is 1.05. The second-order valence-corrected chi connectivity index (χ2v) is 2.50. The van der Waals surface area contributed by atoms with Gasteiger partial charge in [0.05, 0.1) is 6.20 Å². The Balaban J connectivity index is 3.29. The molecule has 1 heterocycles. The molecule has 0 saturated carbocycles. The van der Waals surface area contributed by atoms with Crippen molar-refractivity contribution in [1.29, 1.82) is 0 Å². The van der Waals surface area contributed by atoms with Crippen molar-refractivity contribution in [2.24, 2.45) is 0 Å². The lowest BCUT2D eigenvalue weighted by molar-refractivity contribution is 0.509. The zero-order valence-corrected chi connectivity index (χ0v) is 7.57. The van der Waals surface area contributed by atoms with E-state index in [2.05, 4.69) is 18.1 Å². The van der Waals surface area contributed by atoms with E-state index in [1.807, 2.05) is 13.0 Å². The molecule has 3 nitrogen and oxygen atoms in total. The first-order valence-corrected chi connectivity index (χ1v) is 3.91. The molecule has 0 bridgehead atoms. The summed E-state index contributed by atoms with van der Waals surface area (Å²) in [5, 5.41) is 9.22. The normalized spacial score (nSPS) is 10.5. The van der Waals surface area contributed by atoms with Gasteiger partial charge in [-0.1, -0.05) is 19.2 Å². The summed E-state index contributed by atoms with van der Waals surface area (Å²) in [5.41, 5.74) is 0.577. The highest BCUT2D eigenvalue weighted by Gasteiger charge is 2.06. The Bertz CT molecular complexity index is 361. The Kier molecular flexibility index (Phi) is 2.69. The van der Waals surface area contributed by atoms with E-state index in [0.717, 1.165) is 0 Å². The number of imidazole rings is 1. The molecule has 0 radical (unpaired) electrons. The number of allylic oxidation sites excluding steroid dienone is 1. The molecule has 0 aliphatic carbocycles. The summed E-state index contributed by atoms with van der Waals surface area (Å²) >= 11 is 0. The average molecular weight is 176 g/mol. The molecule has 0 aliphatic heterocycles. The molecule has 0 fully saturated rings. The molecule has 1 rings (SSSR count). The molecule has 68 valence electrons. The van der Waals surface area contributed by atoms with Crippen LogP contribution in [0.3, 0.4) is 0 Å². The summed E-state index contributed by atoms with van der Waals surface area (Å²) in [6, 6.07) is 0. The van der Waals surface area contributed by atoms with Gasteiger partial charge in [0.15, 0.2) is 0 Å². The van der Waals surface area contributed by atoms with Gasteiger partial charge >= 0.3 is 0 Å². The molecule has 0 aromatic carbocycles. The molecule has 0 spiro atoms. The van der Waals surface area contributed by atoms with E-state index >= 15 is 0 Å². The summed E-state index contributed by atoms with van der Waals surface area (Å²) < 4.78 is 1.72. The average Bonchev–Trinajstić information content (AvgIpc) is 2.48. The minimum absolute atomic E-state index is 0.00120. The predicted octanol–water partition coefficient (Wildman–Crippen LogP) is 2.55. The molecule has 1 aromatic rings. The van der Waals surface area contributed by atoms with Gasteiger partial charge in [-0.05, 0) is 13.0 Å². The van der Waals surface area contributed by atoms with E-state index in [9.17, 15) is 5.11 Å². The van der Waals surface area contributed by atoms with Crippen LogP contribution >= 0.6 is 0 Å². The van der Waals surface area contributed by atoms with Gasteiger partial charge in [0.1, 0.15) is 17.3 Å². The van der Waals surface area contributed by atoms with Crippen LogP contribution in [0.5, 0.6) is 0 Å². The van der Waals surface area contributed by atoms with Crippen molar-refractivity contribution in [3.05, 3.63) is 36.9 Å². The van der Waals surface area contributed by atoms with Crippen LogP contribution in [-0.2, 0) is 0 Å². The van der Waals surface area contributed by atoms with Crippen molar-refractivity contribution in [3.8, 4) is 0 Å². The van der Waals surface area contributed by atoms with E-state index in [1.54, 1.807) is 23.0 Å². The minimum Gasteiger partial charge on any atom is -0.506 e. The summed E-state index contributed by atoms with van der Waals surface area (Å²) in [5.74, 6) is 0.682. The minimum atomic E-state index is -0.00120. The van der Waals surface area contributed by atoms with E-state index in [1.165, 1.54) is 0 Å². The smallest absolute Gasteiger partial charge is 0.136 e. The third kappa shape index (κ3) is 1.69. The molecule has 0 aliphatic rings. The third-order valence-corrected chi connectivity index (χ3v) is 1.60. The molecule has 1 N–H and O–H groups in total. The van der Waals surface area contributed by atoms with Gasteiger partial charge in [0.25, 0.3) is 0 Å². The van der Waals surface area contributed by atoms with Crippen LogP contribution in [0.25, 0.3) is 18.0 Å². The topological polar surface area (TPSA) is 38.1 Å². The van der Waals surface area contributed by atoms with Crippen molar-refractivity contribution < 1.29 is 5.11 Å². The fraction of sp³-hybridized carbons (Fsp3) is 0.100. The Morgan fingerprint density at radius 1 is 1.69 bits per heavy atom. The highest BCUT2D eigenvalue weighted by Crippen LogP contribution is 2.13. The van der Waals surface area contributed by atoms with Gasteiger partial charge in [0, 0.05) is 6.20 Å². The molecule has 0 saturated heterocycles. The fourth-order valence-corrected chi connectivity index (χ4v) is 1.05. The van der Waals surface area contributed by atoms with E-state index in [4.69, 9.17) is 0 Å². The summed E-state index contributed by atoms with van der Waals surface area (Å²) in [6.45, 7) is 8.95. The largest absolute Gasteiger partial charge is 0.506 e. The second-order valence-electron chi connectivity index (χ2n) is 2.50. The standard InChI is InChI=1S/C10H12N2O/c1-4-6-12-9(8(3)13)7-11-10(12)5-2/h4-7,13H,2-3H2,1H3/b6-4-. The molecular formula is C10H12N2O. The number of aromatic nitrogens is 2. The SMILES string of the molecule is C=Cc1ncc(C(=C)O)n1/C=C\C. The number of aliphatic hydroxyl groups is 1. The lowest BCUT2D eigenvalue weighted by atomic mass is 10.4. The first-order chi connectivity index (χ1) is 6.20. The third-order valence-electron chi connectivity index (χ3n) is 1.60. The van der Waals surface area contributed by atoms with E-state index < -0.39 is 0 Å². The molecule has 3 heteroatoms. The second kappa shape index (κ2) is 3.76. The zero-order chi connectivity index (χ0) is 9.84. The first kappa shape index (κ1) is 9.32. The monoisotopic (exact) mass is 176 g/mol. The lowest BCUT2D eigenvalue weighted by Gasteiger charge is -2.02. The van der Waals surface area contributed by atoms with Gasteiger partial charge in [-0.25, -0.2) is 4.98 Å². The number of aliphatic hydroxyl groups excluding tert-OH is 1. The first-order valence-electron chi connectivity index (χ1n) is 3.91. The van der Waals surface area contributed by atoms with Gasteiger partial charge in [-0.3, -0.25) is 4.57 Å². The number of hydrogen-bond donors (Lipinski definition) is 1. The van der Waals surface area contributed by atoms with Crippen molar-refractivity contribution in [3.63, 3.8) is 0 Å². The van der Waals surface area contributed by atoms with Crippen LogP contribution < -0.4 is 0 Å². The van der Waals surface area contributed by atoms with Gasteiger partial charge < -0.3 is 5.11 Å². The highest BCUT2D eigenvalue weighted by molar-refractivity contribution is 5.58. The van der Waals surface area contributed by atoms with Crippen molar-refractivity contribution >= 4 is 18.0 Å². The number of hydrogen-bond acceptors (Lipinski definition) is 2. The van der Waals surface area contributed by atoms with Crippen LogP contribution in [0.4, 0.5) is 0 Å². The van der Waals surface area contributed by atoms with Gasteiger partial charge in [0.2, 0.25) is 0 Å². The zero-order valence-electron chi connectivity index (χ0n) is 7.57. The maximum absolute atomic E-state index is 9.22. The lowest BCUT2D eigenvalue weighted by Crippen LogP contribution is -1.95. The van der Waals surface area contributed by atoms with Crippen LogP contribution in [-0.4, -0.2) is 14.7 Å². The quantitative estimate of drug-likeness (QED) is 0.719. The van der Waals surface area contributed by atoms with Crippen LogP contribution in [0.15, 0.2) is 25.4 Å². The van der Waals surface area contributed by atoms with Crippen LogP contribution in [0.2, 0.25) is 0 Å². The Morgan fingerprint density at radius 3 is 2.85 bits per heavy atom. The maximum Gasteiger partial charge on any atom is 0.136 e. The van der Waals surface area contributed by atoms with Crippen molar-refractivity contribution in [2.45, 2.75) is 6.92 Å². The molecule has 13 heavy (non-hydrogen) atoms. The molecule has 0 unspecified atom stereocenters. The van der Waals surface area contributed by atoms with Gasteiger partial charge in [-0.15, -0.1) is 0 Å². The van der Waals surface area contributed by atoms with Crippen LogP contribution in [0.1, 0.15) is 18.4 Å². The Hall–Kier alpha value is -1.77. The Labute approximate surface area is 77.4 Å². The molecule has 1 aromatic heterocycles. The Morgan fingerprint density at radius 2 is 2.38 bits per heavy atom. The van der Waals surface area contributed by atoms with Crippen molar-refractivity contribution in [2.75, 3.05) is 0 Å². The van der Waals surface area contributed by atoms with Crippen LogP contribution in [0, 0.1) is 0 Å². The van der Waals surface area contributed by atoms with Crippen molar-refractivity contribution in [1.82, 2.24) is 9.55 Å². The number of rotatable bonds is 3. The molecule has 0 amide bonds. The summed E-state index contributed by atoms with van der Waals surface area (Å²) in [6.07, 6.45) is 6.81. The summed E-state index contributed by atoms with van der Waals surface area (Å²) in [7, 11) is 0. The highest BCUT2D eigenvalue weighted by atomic mass is 16.3. The summed E-state index contributed by atoms with van der Waals surface area (Å²) in [4.78, 5) is 4.05. The molecule has 0 atom stereocenters. The molecular weight excluding hydrogens is 164 g/mol. The van der Waals surface area contributed by atoms with E-state index in [0.29, 0.717) is 11.5 Å². The maximum atomic E-state index is 9.22.